The van der Waals surface area contributed by atoms with Gasteiger partial charge < -0.3 is 10.2 Å². The fourth-order valence-electron chi connectivity index (χ4n) is 2.50. The molecule has 1 saturated heterocycles. The average Bonchev–Trinajstić information content (AvgIpc) is 2.40. The molecule has 1 N–H and O–H groups in total. The van der Waals surface area contributed by atoms with Crippen LogP contribution in [0.1, 0.15) is 25.3 Å². The fraction of sp³-hybridized carbons (Fsp3) is 0.571. The van der Waals surface area contributed by atoms with Crippen LogP contribution in [0.25, 0.3) is 0 Å². The molecule has 2 rings (SSSR count). The van der Waals surface area contributed by atoms with Crippen molar-refractivity contribution in [3.05, 3.63) is 28.8 Å². The second-order valence-corrected chi connectivity index (χ2v) is 5.42. The van der Waals surface area contributed by atoms with Crippen LogP contribution in [-0.2, 0) is 6.18 Å². The summed E-state index contributed by atoms with van der Waals surface area (Å²) in [7, 11) is 0. The van der Waals surface area contributed by atoms with Crippen molar-refractivity contribution in [2.24, 2.45) is 0 Å². The Morgan fingerprint density at radius 1 is 1.30 bits per heavy atom. The van der Waals surface area contributed by atoms with Crippen LogP contribution in [0, 0.1) is 0 Å². The lowest BCUT2D eigenvalue weighted by molar-refractivity contribution is -0.137. The van der Waals surface area contributed by atoms with Crippen molar-refractivity contribution >= 4 is 17.3 Å². The number of piperidine rings is 1. The Morgan fingerprint density at radius 3 is 2.50 bits per heavy atom. The molecule has 0 spiro atoms. The summed E-state index contributed by atoms with van der Waals surface area (Å²) in [5.74, 6) is 0. The van der Waals surface area contributed by atoms with Crippen LogP contribution >= 0.6 is 11.6 Å². The third-order valence-electron chi connectivity index (χ3n) is 3.70. The van der Waals surface area contributed by atoms with Crippen molar-refractivity contribution < 1.29 is 13.2 Å². The van der Waals surface area contributed by atoms with E-state index >= 15 is 0 Å². The van der Waals surface area contributed by atoms with E-state index in [-0.39, 0.29) is 16.8 Å². The van der Waals surface area contributed by atoms with Gasteiger partial charge in [0.1, 0.15) is 0 Å². The minimum absolute atomic E-state index is 0.0108. The molecular weight excluding hydrogens is 289 g/mol. The predicted molar refractivity (Wildman–Crippen MR) is 75.2 cm³/mol. The Balaban J connectivity index is 2.13. The van der Waals surface area contributed by atoms with E-state index in [1.54, 1.807) is 0 Å². The first-order valence-electron chi connectivity index (χ1n) is 6.76. The van der Waals surface area contributed by atoms with Gasteiger partial charge in [0, 0.05) is 19.1 Å². The number of halogens is 4. The lowest BCUT2D eigenvalue weighted by Gasteiger charge is -2.32. The third kappa shape index (κ3) is 3.58. The molecule has 20 heavy (non-hydrogen) atoms. The molecule has 0 atom stereocenters. The van der Waals surface area contributed by atoms with Gasteiger partial charge in [-0.2, -0.15) is 13.2 Å². The molecule has 2 nitrogen and oxygen atoms in total. The molecule has 112 valence electrons. The third-order valence-corrected chi connectivity index (χ3v) is 4.02. The minimum Gasteiger partial charge on any atom is -0.381 e. The van der Waals surface area contributed by atoms with Crippen LogP contribution in [0.2, 0.25) is 5.02 Å². The number of hydrogen-bond donors (Lipinski definition) is 1. The second kappa shape index (κ2) is 6.22. The molecule has 0 aromatic heterocycles. The zero-order valence-electron chi connectivity index (χ0n) is 11.3. The maximum Gasteiger partial charge on any atom is 0.418 e. The highest BCUT2D eigenvalue weighted by Crippen LogP contribution is 2.39. The normalized spacial score (nSPS) is 18.2. The van der Waals surface area contributed by atoms with Crippen LogP contribution in [0.4, 0.5) is 18.9 Å². The van der Waals surface area contributed by atoms with E-state index in [2.05, 4.69) is 17.1 Å². The molecule has 6 heteroatoms. The Morgan fingerprint density at radius 2 is 1.95 bits per heavy atom. The molecule has 0 amide bonds. The van der Waals surface area contributed by atoms with Gasteiger partial charge >= 0.3 is 6.18 Å². The van der Waals surface area contributed by atoms with Gasteiger partial charge in [0.25, 0.3) is 0 Å². The zero-order chi connectivity index (χ0) is 14.8. The Labute approximate surface area is 121 Å². The number of rotatable bonds is 3. The van der Waals surface area contributed by atoms with Crippen molar-refractivity contribution in [3.63, 3.8) is 0 Å². The number of likely N-dealkylation sites (tertiary alicyclic amines) is 1. The number of nitrogens with one attached hydrogen (secondary N) is 1. The highest BCUT2D eigenvalue weighted by Gasteiger charge is 2.35. The predicted octanol–water partition coefficient (Wildman–Crippen LogP) is 4.26. The van der Waals surface area contributed by atoms with Crippen molar-refractivity contribution in [1.29, 1.82) is 0 Å². The van der Waals surface area contributed by atoms with E-state index in [0.29, 0.717) is 0 Å². The topological polar surface area (TPSA) is 15.3 Å². The van der Waals surface area contributed by atoms with E-state index in [4.69, 9.17) is 11.6 Å². The number of nitrogens with zero attached hydrogens (tertiary/aromatic N) is 1. The second-order valence-electron chi connectivity index (χ2n) is 5.01. The molecule has 0 unspecified atom stereocenters. The largest absolute Gasteiger partial charge is 0.418 e. The minimum atomic E-state index is -4.39. The summed E-state index contributed by atoms with van der Waals surface area (Å²) in [6, 6.07) is 3.92. The van der Waals surface area contributed by atoms with Crippen molar-refractivity contribution in [1.82, 2.24) is 4.90 Å². The molecule has 1 aromatic rings. The van der Waals surface area contributed by atoms with Gasteiger partial charge in [0.15, 0.2) is 0 Å². The molecule has 1 aliphatic rings. The van der Waals surface area contributed by atoms with Gasteiger partial charge in [0.05, 0.1) is 16.3 Å². The van der Waals surface area contributed by atoms with Gasteiger partial charge in [0.2, 0.25) is 0 Å². The fourth-order valence-corrected chi connectivity index (χ4v) is 2.73. The van der Waals surface area contributed by atoms with Crippen molar-refractivity contribution in [2.45, 2.75) is 32.0 Å². The lowest BCUT2D eigenvalue weighted by atomic mass is 10.0. The summed E-state index contributed by atoms with van der Waals surface area (Å²) in [6.45, 7) is 4.87. The highest BCUT2D eigenvalue weighted by atomic mass is 35.5. The first kappa shape index (κ1) is 15.4. The molecule has 1 fully saturated rings. The van der Waals surface area contributed by atoms with E-state index in [1.165, 1.54) is 12.1 Å². The summed E-state index contributed by atoms with van der Waals surface area (Å²) in [5.41, 5.74) is -0.681. The Kier molecular flexibility index (Phi) is 4.81. The summed E-state index contributed by atoms with van der Waals surface area (Å²) in [4.78, 5) is 2.29. The van der Waals surface area contributed by atoms with Crippen LogP contribution in [0.15, 0.2) is 18.2 Å². The molecule has 1 aromatic carbocycles. The van der Waals surface area contributed by atoms with Crippen LogP contribution in [0.3, 0.4) is 0 Å². The molecule has 1 heterocycles. The van der Waals surface area contributed by atoms with E-state index in [1.807, 2.05) is 0 Å². The maximum absolute atomic E-state index is 13.0. The maximum atomic E-state index is 13.0. The van der Waals surface area contributed by atoms with Crippen LogP contribution in [0.5, 0.6) is 0 Å². The van der Waals surface area contributed by atoms with Crippen molar-refractivity contribution in [3.8, 4) is 0 Å². The van der Waals surface area contributed by atoms with Crippen LogP contribution < -0.4 is 5.32 Å². The summed E-state index contributed by atoms with van der Waals surface area (Å²) < 4.78 is 39.0. The number of anilines is 1. The number of para-hydroxylation sites is 1. The standard InChI is InChI=1S/C14H18ClF3N2/c1-2-20-8-6-10(7-9-20)19-13-11(14(16,17)18)4-3-5-12(13)15/h3-5,10,19H,2,6-9H2,1H3. The van der Waals surface area contributed by atoms with Gasteiger partial charge in [-0.15, -0.1) is 0 Å². The van der Waals surface area contributed by atoms with E-state index in [9.17, 15) is 13.2 Å². The highest BCUT2D eigenvalue weighted by molar-refractivity contribution is 6.33. The Bertz CT molecular complexity index is 454. The van der Waals surface area contributed by atoms with Crippen molar-refractivity contribution in [2.75, 3.05) is 25.0 Å². The van der Waals surface area contributed by atoms with Crippen LogP contribution in [-0.4, -0.2) is 30.6 Å². The SMILES string of the molecule is CCN1CCC(Nc2c(Cl)cccc2C(F)(F)F)CC1. The summed E-state index contributed by atoms with van der Waals surface area (Å²) in [5, 5.41) is 3.11. The molecule has 0 radical (unpaired) electrons. The quantitative estimate of drug-likeness (QED) is 0.898. The van der Waals surface area contributed by atoms with Gasteiger partial charge in [-0.25, -0.2) is 0 Å². The zero-order valence-corrected chi connectivity index (χ0v) is 12.1. The summed E-state index contributed by atoms with van der Waals surface area (Å²) >= 11 is 5.94. The van der Waals surface area contributed by atoms with Gasteiger partial charge in [-0.05, 0) is 31.5 Å². The van der Waals surface area contributed by atoms with E-state index < -0.39 is 11.7 Å². The molecular formula is C14H18ClF3N2. The smallest absolute Gasteiger partial charge is 0.381 e. The van der Waals surface area contributed by atoms with Gasteiger partial charge in [-0.3, -0.25) is 0 Å². The number of alkyl halides is 3. The van der Waals surface area contributed by atoms with Gasteiger partial charge in [-0.1, -0.05) is 24.6 Å². The number of benzene rings is 1. The average molecular weight is 307 g/mol. The number of hydrogen-bond acceptors (Lipinski definition) is 2. The molecule has 0 aliphatic carbocycles. The first-order valence-corrected chi connectivity index (χ1v) is 7.14. The molecule has 1 aliphatic heterocycles. The monoisotopic (exact) mass is 306 g/mol. The van der Waals surface area contributed by atoms with E-state index in [0.717, 1.165) is 38.5 Å². The summed E-state index contributed by atoms with van der Waals surface area (Å²) in [6.07, 6.45) is -2.73. The molecule has 0 bridgehead atoms. The first-order chi connectivity index (χ1) is 9.41. The lowest BCUT2D eigenvalue weighted by Crippen LogP contribution is -2.39. The Hall–Kier alpha value is -0.940. The molecule has 0 saturated carbocycles.